The van der Waals surface area contributed by atoms with Crippen LogP contribution in [0.4, 0.5) is 10.2 Å². The van der Waals surface area contributed by atoms with Crippen molar-refractivity contribution in [3.63, 3.8) is 0 Å². The molecule has 1 aliphatic rings. The van der Waals surface area contributed by atoms with Crippen molar-refractivity contribution in [2.24, 2.45) is 5.84 Å². The number of hydrazine groups is 1. The second-order valence-corrected chi connectivity index (χ2v) is 4.50. The summed E-state index contributed by atoms with van der Waals surface area (Å²) in [5.41, 5.74) is 1.78. The van der Waals surface area contributed by atoms with Gasteiger partial charge in [0.05, 0.1) is 11.2 Å². The minimum atomic E-state index is -0.444. The van der Waals surface area contributed by atoms with Crippen molar-refractivity contribution >= 4 is 5.69 Å². The second kappa shape index (κ2) is 5.42. The molecular weight excluding hydrogens is 243 g/mol. The van der Waals surface area contributed by atoms with Gasteiger partial charge in [0.1, 0.15) is 0 Å². The first-order valence-corrected chi connectivity index (χ1v) is 6.19. The average Bonchev–Trinajstić information content (AvgIpc) is 2.47. The van der Waals surface area contributed by atoms with Gasteiger partial charge in [0.2, 0.25) is 0 Å². The van der Waals surface area contributed by atoms with Crippen LogP contribution in [0.25, 0.3) is 0 Å². The van der Waals surface area contributed by atoms with E-state index in [-0.39, 0.29) is 5.23 Å². The van der Waals surface area contributed by atoms with Crippen LogP contribution in [0.2, 0.25) is 0 Å². The molecule has 1 atom stereocenters. The predicted molar refractivity (Wildman–Crippen MR) is 75.9 cm³/mol. The molecule has 0 aliphatic heterocycles. The number of nitrogens with zero attached hydrogens (tertiary/aromatic N) is 1. The van der Waals surface area contributed by atoms with Gasteiger partial charge in [-0.15, -0.1) is 5.23 Å². The fraction of sp³-hybridized carbons (Fsp3) is 0.286. The Morgan fingerprint density at radius 3 is 2.58 bits per heavy atom. The van der Waals surface area contributed by atoms with Crippen LogP contribution in [-0.4, -0.2) is 14.1 Å². The Balaban J connectivity index is 2.45. The number of likely N-dealkylation sites (N-methyl/N-ethyl adjacent to an activating group) is 2. The van der Waals surface area contributed by atoms with E-state index in [2.05, 4.69) is 16.7 Å². The van der Waals surface area contributed by atoms with Gasteiger partial charge in [-0.25, -0.2) is 5.84 Å². The summed E-state index contributed by atoms with van der Waals surface area (Å²) >= 11 is 0. The van der Waals surface area contributed by atoms with Gasteiger partial charge in [-0.2, -0.15) is 0 Å². The number of benzene rings is 1. The van der Waals surface area contributed by atoms with Crippen LogP contribution in [-0.2, 0) is 5.54 Å². The number of halogens is 1. The Morgan fingerprint density at radius 1 is 1.32 bits per heavy atom. The highest BCUT2D eigenvalue weighted by Gasteiger charge is 2.31. The SMILES string of the molecule is CNC1=CCC(NC)(c2ccccc2N(N)F)C=C1. The van der Waals surface area contributed by atoms with Crippen LogP contribution in [0.5, 0.6) is 0 Å². The standard InChI is InChI=1S/C14H19FN4/c1-17-11-7-9-14(18-2,10-8-11)12-5-3-4-6-13(12)19(15)16/h3-9,17-18H,10,16H2,1-2H3. The lowest BCUT2D eigenvalue weighted by Crippen LogP contribution is -2.40. The normalized spacial score (nSPS) is 22.0. The predicted octanol–water partition coefficient (Wildman–Crippen LogP) is 1.73. The molecule has 0 bridgehead atoms. The topological polar surface area (TPSA) is 53.3 Å². The molecule has 1 unspecified atom stereocenters. The zero-order valence-corrected chi connectivity index (χ0v) is 11.2. The quantitative estimate of drug-likeness (QED) is 0.439. The summed E-state index contributed by atoms with van der Waals surface area (Å²) in [4.78, 5) is 0. The van der Waals surface area contributed by atoms with E-state index in [1.165, 1.54) is 0 Å². The van der Waals surface area contributed by atoms with E-state index in [0.29, 0.717) is 5.69 Å². The largest absolute Gasteiger partial charge is 0.388 e. The monoisotopic (exact) mass is 262 g/mol. The molecule has 0 amide bonds. The molecule has 0 saturated heterocycles. The molecule has 0 heterocycles. The fourth-order valence-corrected chi connectivity index (χ4v) is 2.38. The van der Waals surface area contributed by atoms with Crippen LogP contribution in [0.1, 0.15) is 12.0 Å². The smallest absolute Gasteiger partial charge is 0.0926 e. The lowest BCUT2D eigenvalue weighted by atomic mass is 9.82. The highest BCUT2D eigenvalue weighted by molar-refractivity contribution is 5.56. The van der Waals surface area contributed by atoms with Crippen molar-refractivity contribution in [1.82, 2.24) is 10.6 Å². The molecule has 4 N–H and O–H groups in total. The molecule has 0 saturated carbocycles. The van der Waals surface area contributed by atoms with Gasteiger partial charge in [-0.1, -0.05) is 34.8 Å². The molecule has 19 heavy (non-hydrogen) atoms. The van der Waals surface area contributed by atoms with Crippen LogP contribution in [0.3, 0.4) is 0 Å². The van der Waals surface area contributed by atoms with Gasteiger partial charge in [-0.05, 0) is 25.6 Å². The van der Waals surface area contributed by atoms with Crippen LogP contribution in [0, 0.1) is 0 Å². The van der Waals surface area contributed by atoms with Crippen molar-refractivity contribution in [2.45, 2.75) is 12.0 Å². The lowest BCUT2D eigenvalue weighted by molar-refractivity contribution is 0.420. The number of nitrogens with one attached hydrogen (secondary N) is 2. The van der Waals surface area contributed by atoms with E-state index in [9.17, 15) is 4.48 Å². The van der Waals surface area contributed by atoms with Crippen molar-refractivity contribution in [1.29, 1.82) is 0 Å². The highest BCUT2D eigenvalue weighted by Crippen LogP contribution is 2.36. The molecule has 1 aromatic carbocycles. The Hall–Kier alpha value is -1.85. The Kier molecular flexibility index (Phi) is 3.87. The number of nitrogens with two attached hydrogens (primary N) is 1. The van der Waals surface area contributed by atoms with Gasteiger partial charge >= 0.3 is 0 Å². The lowest BCUT2D eigenvalue weighted by Gasteiger charge is -2.34. The number of rotatable bonds is 4. The molecule has 2 rings (SSSR count). The van der Waals surface area contributed by atoms with E-state index in [1.807, 2.05) is 38.4 Å². The first-order chi connectivity index (χ1) is 9.13. The molecule has 0 spiro atoms. The van der Waals surface area contributed by atoms with Crippen LogP contribution >= 0.6 is 0 Å². The zero-order chi connectivity index (χ0) is 13.9. The summed E-state index contributed by atoms with van der Waals surface area (Å²) in [5.74, 6) is 5.28. The third-order valence-electron chi connectivity index (χ3n) is 3.54. The van der Waals surface area contributed by atoms with Crippen LogP contribution in [0.15, 0.2) is 48.2 Å². The number of para-hydroxylation sites is 1. The summed E-state index contributed by atoms with van der Waals surface area (Å²) in [6.45, 7) is 0. The highest BCUT2D eigenvalue weighted by atomic mass is 19.2. The number of allylic oxidation sites excluding steroid dienone is 1. The first-order valence-electron chi connectivity index (χ1n) is 6.19. The molecule has 0 fully saturated rings. The Morgan fingerprint density at radius 2 is 2.05 bits per heavy atom. The summed E-state index contributed by atoms with van der Waals surface area (Å²) < 4.78 is 13.4. The summed E-state index contributed by atoms with van der Waals surface area (Å²) in [6.07, 6.45) is 6.81. The molecule has 1 aromatic rings. The van der Waals surface area contributed by atoms with Gasteiger partial charge in [0.25, 0.3) is 0 Å². The van der Waals surface area contributed by atoms with Gasteiger partial charge in [0.15, 0.2) is 0 Å². The third kappa shape index (κ3) is 2.47. The minimum absolute atomic E-state index is 0.166. The number of anilines is 1. The van der Waals surface area contributed by atoms with E-state index in [4.69, 9.17) is 5.84 Å². The maximum absolute atomic E-state index is 13.4. The Labute approximate surface area is 112 Å². The van der Waals surface area contributed by atoms with E-state index in [0.717, 1.165) is 17.7 Å². The molecule has 1 aliphatic carbocycles. The summed E-state index contributed by atoms with van der Waals surface area (Å²) in [7, 11) is 3.73. The number of hydrogen-bond acceptors (Lipinski definition) is 4. The second-order valence-electron chi connectivity index (χ2n) is 4.50. The maximum atomic E-state index is 13.4. The van der Waals surface area contributed by atoms with Gasteiger partial charge in [-0.3, -0.25) is 0 Å². The summed E-state index contributed by atoms with van der Waals surface area (Å²) in [6, 6.07) is 7.20. The molecule has 0 radical (unpaired) electrons. The van der Waals surface area contributed by atoms with E-state index < -0.39 is 5.54 Å². The summed E-state index contributed by atoms with van der Waals surface area (Å²) in [5, 5.41) is 6.52. The van der Waals surface area contributed by atoms with Gasteiger partial charge < -0.3 is 10.6 Å². The van der Waals surface area contributed by atoms with Crippen molar-refractivity contribution in [2.75, 3.05) is 19.3 Å². The van der Waals surface area contributed by atoms with Crippen molar-refractivity contribution < 1.29 is 4.48 Å². The average molecular weight is 262 g/mol. The zero-order valence-electron chi connectivity index (χ0n) is 11.2. The molecule has 4 nitrogen and oxygen atoms in total. The van der Waals surface area contributed by atoms with Gasteiger partial charge in [0, 0.05) is 18.3 Å². The third-order valence-corrected chi connectivity index (χ3v) is 3.54. The first kappa shape index (κ1) is 13.6. The minimum Gasteiger partial charge on any atom is -0.388 e. The fourth-order valence-electron chi connectivity index (χ4n) is 2.38. The Bertz CT molecular complexity index is 510. The maximum Gasteiger partial charge on any atom is 0.0926 e. The molecule has 102 valence electrons. The van der Waals surface area contributed by atoms with Crippen molar-refractivity contribution in [3.8, 4) is 0 Å². The van der Waals surface area contributed by atoms with Crippen molar-refractivity contribution in [3.05, 3.63) is 53.8 Å². The molecular formula is C14H19FN4. The van der Waals surface area contributed by atoms with E-state index in [1.54, 1.807) is 12.1 Å². The van der Waals surface area contributed by atoms with E-state index >= 15 is 0 Å². The molecule has 5 heteroatoms. The molecule has 0 aromatic heterocycles. The van der Waals surface area contributed by atoms with Crippen LogP contribution < -0.4 is 21.7 Å². The number of hydrogen-bond donors (Lipinski definition) is 3.